The molecule has 0 amide bonds. The molecule has 10 heteroatoms. The number of benzene rings is 2. The molecule has 0 saturated heterocycles. The number of fused-ring (bicyclic) bond motifs is 1. The van der Waals surface area contributed by atoms with Gasteiger partial charge in [0, 0.05) is 29.2 Å². The van der Waals surface area contributed by atoms with Crippen LogP contribution in [0.25, 0.3) is 10.8 Å². The van der Waals surface area contributed by atoms with Crippen molar-refractivity contribution in [3.8, 4) is 11.8 Å². The highest BCUT2D eigenvalue weighted by atomic mass is 35.5. The van der Waals surface area contributed by atoms with Crippen LogP contribution in [0.2, 0.25) is 5.15 Å². The summed E-state index contributed by atoms with van der Waals surface area (Å²) in [6.07, 6.45) is 4.07. The van der Waals surface area contributed by atoms with Crippen LogP contribution in [0.1, 0.15) is 11.1 Å². The minimum absolute atomic E-state index is 0.00381. The first-order valence-corrected chi connectivity index (χ1v) is 11.2. The van der Waals surface area contributed by atoms with E-state index < -0.39 is 10.0 Å². The van der Waals surface area contributed by atoms with Crippen molar-refractivity contribution >= 4 is 38.2 Å². The Morgan fingerprint density at radius 1 is 1.09 bits per heavy atom. The van der Waals surface area contributed by atoms with Crippen LogP contribution in [0, 0.1) is 11.3 Å². The minimum atomic E-state index is -4.06. The lowest BCUT2D eigenvalue weighted by Gasteiger charge is -2.23. The van der Waals surface area contributed by atoms with Gasteiger partial charge in [-0.15, -0.1) is 0 Å². The van der Waals surface area contributed by atoms with Crippen molar-refractivity contribution in [3.63, 3.8) is 0 Å². The van der Waals surface area contributed by atoms with Gasteiger partial charge in [-0.3, -0.25) is 0 Å². The molecular formula is C22H16ClN5O3S. The van der Waals surface area contributed by atoms with Crippen LogP contribution in [-0.4, -0.2) is 30.5 Å². The summed E-state index contributed by atoms with van der Waals surface area (Å²) < 4.78 is 33.8. The molecule has 0 saturated carbocycles. The summed E-state index contributed by atoms with van der Waals surface area (Å²) in [5, 5.41) is 10.5. The molecule has 0 fully saturated rings. The van der Waals surface area contributed by atoms with E-state index in [1.807, 2.05) is 6.07 Å². The highest BCUT2D eigenvalue weighted by Crippen LogP contribution is 2.30. The molecule has 32 heavy (non-hydrogen) atoms. The van der Waals surface area contributed by atoms with Gasteiger partial charge in [-0.1, -0.05) is 23.7 Å². The second kappa shape index (κ2) is 8.78. The van der Waals surface area contributed by atoms with Gasteiger partial charge in [0.15, 0.2) is 0 Å². The van der Waals surface area contributed by atoms with Gasteiger partial charge in [0.25, 0.3) is 10.0 Å². The summed E-state index contributed by atoms with van der Waals surface area (Å²) in [5.74, 6) is 0.874. The number of aromatic nitrogens is 3. The zero-order chi connectivity index (χ0) is 22.7. The van der Waals surface area contributed by atoms with Crippen LogP contribution in [0.4, 0.5) is 5.82 Å². The topological polar surface area (TPSA) is 109 Å². The van der Waals surface area contributed by atoms with Crippen LogP contribution in [0.5, 0.6) is 5.75 Å². The number of methoxy groups -OCH3 is 1. The van der Waals surface area contributed by atoms with E-state index in [4.69, 9.17) is 16.3 Å². The molecule has 4 aromatic rings. The lowest BCUT2D eigenvalue weighted by molar-refractivity contribution is 0.414. The molecule has 0 bridgehead atoms. The van der Waals surface area contributed by atoms with Crippen LogP contribution in [0.3, 0.4) is 0 Å². The van der Waals surface area contributed by atoms with Gasteiger partial charge in [-0.2, -0.15) is 5.26 Å². The average molecular weight is 466 g/mol. The number of nitriles is 1. The molecule has 4 rings (SSSR count). The fourth-order valence-electron chi connectivity index (χ4n) is 3.18. The molecule has 0 N–H and O–H groups in total. The van der Waals surface area contributed by atoms with Crippen LogP contribution in [0.15, 0.2) is 72.1 Å². The van der Waals surface area contributed by atoms with E-state index in [0.29, 0.717) is 16.5 Å². The summed E-state index contributed by atoms with van der Waals surface area (Å²) >= 11 is 6.14. The number of hydrogen-bond donors (Lipinski definition) is 0. The molecule has 0 radical (unpaired) electrons. The summed E-state index contributed by atoms with van der Waals surface area (Å²) in [7, 11) is -2.50. The maximum absolute atomic E-state index is 13.7. The van der Waals surface area contributed by atoms with E-state index in [1.54, 1.807) is 37.4 Å². The van der Waals surface area contributed by atoms with Gasteiger partial charge in [-0.25, -0.2) is 27.7 Å². The highest BCUT2D eigenvalue weighted by Gasteiger charge is 2.27. The second-order valence-corrected chi connectivity index (χ2v) is 8.93. The van der Waals surface area contributed by atoms with Crippen molar-refractivity contribution in [2.75, 3.05) is 11.4 Å². The van der Waals surface area contributed by atoms with Crippen LogP contribution in [-0.2, 0) is 16.6 Å². The van der Waals surface area contributed by atoms with Crippen molar-refractivity contribution in [1.29, 1.82) is 5.26 Å². The van der Waals surface area contributed by atoms with Crippen LogP contribution < -0.4 is 9.04 Å². The third kappa shape index (κ3) is 4.06. The van der Waals surface area contributed by atoms with Gasteiger partial charge in [0.2, 0.25) is 0 Å². The van der Waals surface area contributed by atoms with Gasteiger partial charge in [0.1, 0.15) is 29.1 Å². The van der Waals surface area contributed by atoms with Crippen LogP contribution >= 0.6 is 11.6 Å². The summed E-state index contributed by atoms with van der Waals surface area (Å²) in [4.78, 5) is 12.0. The largest absolute Gasteiger partial charge is 0.497 e. The monoisotopic (exact) mass is 465 g/mol. The van der Waals surface area contributed by atoms with E-state index in [-0.39, 0.29) is 28.0 Å². The molecule has 0 spiro atoms. The molecule has 160 valence electrons. The third-order valence-electron chi connectivity index (χ3n) is 4.83. The third-order valence-corrected chi connectivity index (χ3v) is 6.87. The second-order valence-electron chi connectivity index (χ2n) is 6.71. The Balaban J connectivity index is 1.83. The normalized spacial score (nSPS) is 11.2. The maximum atomic E-state index is 13.7. The molecular weight excluding hydrogens is 450 g/mol. The predicted molar refractivity (Wildman–Crippen MR) is 120 cm³/mol. The van der Waals surface area contributed by atoms with E-state index in [2.05, 4.69) is 15.0 Å². The Kier molecular flexibility index (Phi) is 5.90. The van der Waals surface area contributed by atoms with Crippen molar-refractivity contribution in [3.05, 3.63) is 83.5 Å². The minimum Gasteiger partial charge on any atom is -0.497 e. The van der Waals surface area contributed by atoms with Crippen molar-refractivity contribution < 1.29 is 13.2 Å². The predicted octanol–water partition coefficient (Wildman–Crippen LogP) is 3.95. The maximum Gasteiger partial charge on any atom is 0.265 e. The smallest absolute Gasteiger partial charge is 0.265 e. The van der Waals surface area contributed by atoms with Gasteiger partial charge in [-0.05, 0) is 35.9 Å². The number of halogens is 1. The summed E-state index contributed by atoms with van der Waals surface area (Å²) in [5.41, 5.74) is 0.962. The highest BCUT2D eigenvalue weighted by molar-refractivity contribution is 7.92. The lowest BCUT2D eigenvalue weighted by atomic mass is 10.1. The number of pyridine rings is 1. The quantitative estimate of drug-likeness (QED) is 0.396. The Bertz CT molecular complexity index is 1420. The Labute approximate surface area is 189 Å². The number of hydrogen-bond acceptors (Lipinski definition) is 7. The molecule has 8 nitrogen and oxygen atoms in total. The zero-order valence-electron chi connectivity index (χ0n) is 16.8. The zero-order valence-corrected chi connectivity index (χ0v) is 18.4. The molecule has 0 aliphatic carbocycles. The van der Waals surface area contributed by atoms with E-state index in [1.165, 1.54) is 41.2 Å². The first-order chi connectivity index (χ1) is 15.4. The molecule has 2 aromatic carbocycles. The van der Waals surface area contributed by atoms with E-state index >= 15 is 0 Å². The number of anilines is 1. The number of ether oxygens (including phenoxy) is 1. The molecule has 0 atom stereocenters. The van der Waals surface area contributed by atoms with Crippen molar-refractivity contribution in [1.82, 2.24) is 15.0 Å². The Morgan fingerprint density at radius 3 is 2.53 bits per heavy atom. The lowest BCUT2D eigenvalue weighted by Crippen LogP contribution is -2.31. The first-order valence-electron chi connectivity index (χ1n) is 9.34. The number of rotatable bonds is 6. The molecule has 0 aliphatic heterocycles. The molecule has 2 aromatic heterocycles. The summed E-state index contributed by atoms with van der Waals surface area (Å²) in [6, 6.07) is 15.0. The van der Waals surface area contributed by atoms with Crippen molar-refractivity contribution in [2.45, 2.75) is 11.4 Å². The van der Waals surface area contributed by atoms with Gasteiger partial charge in [0.05, 0.1) is 24.1 Å². The Morgan fingerprint density at radius 2 is 1.88 bits per heavy atom. The Hall–Kier alpha value is -3.74. The van der Waals surface area contributed by atoms with Crippen molar-refractivity contribution in [2.24, 2.45) is 0 Å². The van der Waals surface area contributed by atoms with Gasteiger partial charge >= 0.3 is 0 Å². The number of sulfonamides is 1. The first kappa shape index (κ1) is 21.5. The number of nitrogens with zero attached hydrogens (tertiary/aromatic N) is 5. The fraction of sp³-hybridized carbons (Fsp3) is 0.0909. The van der Waals surface area contributed by atoms with Gasteiger partial charge < -0.3 is 4.74 Å². The molecule has 2 heterocycles. The molecule has 0 aliphatic rings. The van der Waals surface area contributed by atoms with E-state index in [9.17, 15) is 13.7 Å². The standard InChI is InChI=1S/C22H16ClN5O3S/c1-31-17-4-2-15(3-5-17)13-28(21-8-9-25-14-27-21)32(29,30)18-6-7-19-20(10-18)16(11-24)12-26-22(19)23/h2-10,12,14H,13H2,1H3. The average Bonchev–Trinajstić information content (AvgIpc) is 2.83. The SMILES string of the molecule is COc1ccc(CN(c2ccncn2)S(=O)(=O)c2ccc3c(Cl)ncc(C#N)c3c2)cc1. The molecule has 0 unspecified atom stereocenters. The summed E-state index contributed by atoms with van der Waals surface area (Å²) in [6.45, 7) is 0.0313. The fourth-order valence-corrected chi connectivity index (χ4v) is 4.83. The van der Waals surface area contributed by atoms with E-state index in [0.717, 1.165) is 5.56 Å².